The summed E-state index contributed by atoms with van der Waals surface area (Å²) in [5, 5.41) is 3.90. The van der Waals surface area contributed by atoms with Gasteiger partial charge >= 0.3 is 0 Å². The molecule has 1 rings (SSSR count). The number of benzene rings is 1. The minimum absolute atomic E-state index is 0.114. The summed E-state index contributed by atoms with van der Waals surface area (Å²) in [7, 11) is 0. The summed E-state index contributed by atoms with van der Waals surface area (Å²) in [4.78, 5) is 11.3. The van der Waals surface area contributed by atoms with E-state index >= 15 is 0 Å². The number of amides is 1. The Morgan fingerprint density at radius 3 is 2.67 bits per heavy atom. The van der Waals surface area contributed by atoms with Crippen molar-refractivity contribution in [2.75, 3.05) is 0 Å². The standard InChI is InChI=1S/C14H17FN2O/c1-10(2)14(18)17-16-11(3)8-9-12-6-4-5-7-13(12)15/h4-10H,1-3H3,(H,17,18)/b9-8+,16-11-. The van der Waals surface area contributed by atoms with Gasteiger partial charge in [0.15, 0.2) is 0 Å². The second-order valence-electron chi connectivity index (χ2n) is 4.24. The van der Waals surface area contributed by atoms with Crippen molar-refractivity contribution in [3.63, 3.8) is 0 Å². The molecule has 0 atom stereocenters. The molecule has 0 aliphatic heterocycles. The molecule has 0 saturated heterocycles. The lowest BCUT2D eigenvalue weighted by molar-refractivity contribution is -0.123. The summed E-state index contributed by atoms with van der Waals surface area (Å²) in [6.07, 6.45) is 3.27. The van der Waals surface area contributed by atoms with Crippen molar-refractivity contribution in [2.45, 2.75) is 20.8 Å². The lowest BCUT2D eigenvalue weighted by atomic mass is 10.2. The number of allylic oxidation sites excluding steroid dienone is 1. The summed E-state index contributed by atoms with van der Waals surface area (Å²) >= 11 is 0. The second kappa shape index (κ2) is 6.69. The Balaban J connectivity index is 2.65. The van der Waals surface area contributed by atoms with Gasteiger partial charge in [-0.05, 0) is 19.1 Å². The van der Waals surface area contributed by atoms with Crippen molar-refractivity contribution >= 4 is 17.7 Å². The van der Waals surface area contributed by atoms with Crippen molar-refractivity contribution in [1.29, 1.82) is 0 Å². The van der Waals surface area contributed by atoms with Gasteiger partial charge in [-0.3, -0.25) is 4.79 Å². The molecule has 1 N–H and O–H groups in total. The number of carbonyl (C=O) groups is 1. The van der Waals surface area contributed by atoms with E-state index in [-0.39, 0.29) is 17.6 Å². The number of hydrogen-bond donors (Lipinski definition) is 1. The van der Waals surface area contributed by atoms with E-state index in [1.807, 2.05) is 0 Å². The van der Waals surface area contributed by atoms with Crippen LogP contribution in [0.1, 0.15) is 26.3 Å². The summed E-state index contributed by atoms with van der Waals surface area (Å²) in [6.45, 7) is 5.31. The summed E-state index contributed by atoms with van der Waals surface area (Å²) in [5.41, 5.74) is 3.53. The molecule has 0 aromatic heterocycles. The van der Waals surface area contributed by atoms with Crippen LogP contribution >= 0.6 is 0 Å². The first-order valence-electron chi connectivity index (χ1n) is 5.77. The molecule has 0 heterocycles. The highest BCUT2D eigenvalue weighted by atomic mass is 19.1. The van der Waals surface area contributed by atoms with Gasteiger partial charge in [0.2, 0.25) is 5.91 Å². The van der Waals surface area contributed by atoms with E-state index in [0.717, 1.165) is 0 Å². The minimum atomic E-state index is -0.284. The molecule has 0 aliphatic carbocycles. The van der Waals surface area contributed by atoms with Crippen LogP contribution in [0.5, 0.6) is 0 Å². The van der Waals surface area contributed by atoms with Crippen LogP contribution in [-0.2, 0) is 4.79 Å². The molecule has 0 fully saturated rings. The number of halogens is 1. The molecule has 0 aliphatic rings. The second-order valence-corrected chi connectivity index (χ2v) is 4.24. The van der Waals surface area contributed by atoms with E-state index in [4.69, 9.17) is 0 Å². The first kappa shape index (κ1) is 14.1. The number of rotatable bonds is 4. The molecule has 0 bridgehead atoms. The van der Waals surface area contributed by atoms with Gasteiger partial charge in [-0.2, -0.15) is 5.10 Å². The van der Waals surface area contributed by atoms with Crippen LogP contribution in [0.2, 0.25) is 0 Å². The zero-order chi connectivity index (χ0) is 13.5. The van der Waals surface area contributed by atoms with Crippen LogP contribution in [0.3, 0.4) is 0 Å². The van der Waals surface area contributed by atoms with E-state index in [1.165, 1.54) is 6.07 Å². The Labute approximate surface area is 106 Å². The Morgan fingerprint density at radius 1 is 1.39 bits per heavy atom. The highest BCUT2D eigenvalue weighted by Gasteiger charge is 2.04. The Kier molecular flexibility index (Phi) is 5.24. The number of nitrogens with one attached hydrogen (secondary N) is 1. The molecular weight excluding hydrogens is 231 g/mol. The molecule has 0 radical (unpaired) electrons. The van der Waals surface area contributed by atoms with Crippen LogP contribution in [0.25, 0.3) is 6.08 Å². The van der Waals surface area contributed by atoms with Crippen molar-refractivity contribution < 1.29 is 9.18 Å². The fourth-order valence-electron chi connectivity index (χ4n) is 1.13. The third kappa shape index (κ3) is 4.49. The lowest BCUT2D eigenvalue weighted by Gasteiger charge is -2.02. The van der Waals surface area contributed by atoms with Gasteiger partial charge in [0.05, 0.1) is 5.71 Å². The fraction of sp³-hybridized carbons (Fsp3) is 0.286. The highest BCUT2D eigenvalue weighted by molar-refractivity contribution is 5.97. The molecular formula is C14H17FN2O. The van der Waals surface area contributed by atoms with Crippen molar-refractivity contribution in [2.24, 2.45) is 11.0 Å². The molecule has 1 aromatic carbocycles. The van der Waals surface area contributed by atoms with E-state index in [9.17, 15) is 9.18 Å². The number of hydrogen-bond acceptors (Lipinski definition) is 2. The molecule has 0 saturated carbocycles. The maximum atomic E-state index is 13.3. The molecule has 0 unspecified atom stereocenters. The lowest BCUT2D eigenvalue weighted by Crippen LogP contribution is -2.23. The molecule has 0 spiro atoms. The third-order valence-electron chi connectivity index (χ3n) is 2.28. The zero-order valence-electron chi connectivity index (χ0n) is 10.8. The summed E-state index contributed by atoms with van der Waals surface area (Å²) in [5.74, 6) is -0.543. The fourth-order valence-corrected chi connectivity index (χ4v) is 1.13. The van der Waals surface area contributed by atoms with Crippen LogP contribution in [0.4, 0.5) is 4.39 Å². The van der Waals surface area contributed by atoms with Gasteiger partial charge < -0.3 is 0 Å². The van der Waals surface area contributed by atoms with Crippen LogP contribution in [-0.4, -0.2) is 11.6 Å². The molecule has 1 aromatic rings. The van der Waals surface area contributed by atoms with Crippen molar-refractivity contribution in [1.82, 2.24) is 5.43 Å². The number of nitrogens with zero attached hydrogens (tertiary/aromatic N) is 1. The van der Waals surface area contributed by atoms with Crippen LogP contribution in [0, 0.1) is 11.7 Å². The summed E-state index contributed by atoms with van der Waals surface area (Å²) in [6, 6.07) is 6.46. The van der Waals surface area contributed by atoms with E-state index in [2.05, 4.69) is 10.5 Å². The van der Waals surface area contributed by atoms with E-state index in [1.54, 1.807) is 51.1 Å². The average molecular weight is 248 g/mol. The number of hydrazone groups is 1. The Morgan fingerprint density at radius 2 is 2.06 bits per heavy atom. The average Bonchev–Trinajstić information content (AvgIpc) is 2.34. The highest BCUT2D eigenvalue weighted by Crippen LogP contribution is 2.08. The normalized spacial score (nSPS) is 12.2. The van der Waals surface area contributed by atoms with Crippen molar-refractivity contribution in [3.05, 3.63) is 41.7 Å². The monoisotopic (exact) mass is 248 g/mol. The van der Waals surface area contributed by atoms with Crippen LogP contribution < -0.4 is 5.43 Å². The van der Waals surface area contributed by atoms with Gasteiger partial charge in [0.25, 0.3) is 0 Å². The largest absolute Gasteiger partial charge is 0.273 e. The minimum Gasteiger partial charge on any atom is -0.273 e. The molecule has 1 amide bonds. The summed E-state index contributed by atoms with van der Waals surface area (Å²) < 4.78 is 13.3. The Hall–Kier alpha value is -1.97. The smallest absolute Gasteiger partial charge is 0.242 e. The molecule has 4 heteroatoms. The predicted molar refractivity (Wildman–Crippen MR) is 71.5 cm³/mol. The van der Waals surface area contributed by atoms with Gasteiger partial charge in [-0.25, -0.2) is 9.82 Å². The van der Waals surface area contributed by atoms with Crippen LogP contribution in [0.15, 0.2) is 35.4 Å². The molecule has 3 nitrogen and oxygen atoms in total. The zero-order valence-corrected chi connectivity index (χ0v) is 10.8. The maximum Gasteiger partial charge on any atom is 0.242 e. The topological polar surface area (TPSA) is 41.5 Å². The SMILES string of the molecule is CC(/C=C/c1ccccc1F)=N/NC(=O)C(C)C. The first-order valence-corrected chi connectivity index (χ1v) is 5.77. The van der Waals surface area contributed by atoms with Gasteiger partial charge in [0.1, 0.15) is 5.82 Å². The predicted octanol–water partition coefficient (Wildman–Crippen LogP) is 2.99. The van der Waals surface area contributed by atoms with E-state index < -0.39 is 0 Å². The van der Waals surface area contributed by atoms with Gasteiger partial charge in [-0.1, -0.05) is 38.1 Å². The molecule has 96 valence electrons. The maximum absolute atomic E-state index is 13.3. The molecule has 18 heavy (non-hydrogen) atoms. The number of carbonyl (C=O) groups excluding carboxylic acids is 1. The van der Waals surface area contributed by atoms with E-state index in [0.29, 0.717) is 11.3 Å². The van der Waals surface area contributed by atoms with Gasteiger partial charge in [-0.15, -0.1) is 0 Å². The quantitative estimate of drug-likeness (QED) is 0.646. The Bertz CT molecular complexity index is 478. The van der Waals surface area contributed by atoms with Gasteiger partial charge in [0, 0.05) is 11.5 Å². The van der Waals surface area contributed by atoms with Crippen molar-refractivity contribution in [3.8, 4) is 0 Å². The first-order chi connectivity index (χ1) is 8.50. The third-order valence-corrected chi connectivity index (χ3v) is 2.28.